The largest absolute Gasteiger partial charge is 0.384 e. The second-order valence-corrected chi connectivity index (χ2v) is 7.66. The number of hydrogen-bond donors (Lipinski definition) is 1. The molecule has 0 saturated heterocycles. The summed E-state index contributed by atoms with van der Waals surface area (Å²) < 4.78 is 0. The van der Waals surface area contributed by atoms with Crippen LogP contribution < -0.4 is 5.32 Å². The van der Waals surface area contributed by atoms with E-state index in [4.69, 9.17) is 11.6 Å². The smallest absolute Gasteiger partial charge is 0.0407 e. The molecule has 2 aromatic rings. The van der Waals surface area contributed by atoms with E-state index in [0.29, 0.717) is 0 Å². The molecular formula is C18H22ClNS. The minimum atomic E-state index is 0.222. The van der Waals surface area contributed by atoms with E-state index in [1.54, 1.807) is 0 Å². The summed E-state index contributed by atoms with van der Waals surface area (Å²) in [5.74, 6) is 1.04. The van der Waals surface area contributed by atoms with Crippen molar-refractivity contribution in [2.75, 3.05) is 17.6 Å². The summed E-state index contributed by atoms with van der Waals surface area (Å²) in [6.45, 7) is 7.66. The molecule has 0 amide bonds. The summed E-state index contributed by atoms with van der Waals surface area (Å²) in [4.78, 5) is 1.32. The molecule has 0 aliphatic rings. The topological polar surface area (TPSA) is 12.0 Å². The monoisotopic (exact) mass is 319 g/mol. The number of anilines is 1. The van der Waals surface area contributed by atoms with Gasteiger partial charge in [0.15, 0.2) is 0 Å². The van der Waals surface area contributed by atoms with Gasteiger partial charge >= 0.3 is 0 Å². The highest BCUT2D eigenvalue weighted by Crippen LogP contribution is 2.25. The van der Waals surface area contributed by atoms with Crippen LogP contribution in [0.1, 0.15) is 26.3 Å². The van der Waals surface area contributed by atoms with Crippen LogP contribution in [0.25, 0.3) is 0 Å². The van der Waals surface area contributed by atoms with Crippen molar-refractivity contribution >= 4 is 29.1 Å². The predicted molar refractivity (Wildman–Crippen MR) is 95.8 cm³/mol. The van der Waals surface area contributed by atoms with Crippen molar-refractivity contribution in [3.8, 4) is 0 Å². The van der Waals surface area contributed by atoms with Crippen LogP contribution in [0.2, 0.25) is 5.02 Å². The Morgan fingerprint density at radius 1 is 0.952 bits per heavy atom. The number of rotatable bonds is 5. The van der Waals surface area contributed by atoms with Gasteiger partial charge in [0, 0.05) is 27.9 Å². The van der Waals surface area contributed by atoms with Crippen LogP contribution in [-0.2, 0) is 5.41 Å². The van der Waals surface area contributed by atoms with E-state index in [1.807, 2.05) is 36.0 Å². The number of hydrogen-bond acceptors (Lipinski definition) is 2. The molecule has 0 aliphatic carbocycles. The minimum Gasteiger partial charge on any atom is -0.384 e. The van der Waals surface area contributed by atoms with E-state index in [1.165, 1.54) is 10.5 Å². The third-order valence-electron chi connectivity index (χ3n) is 3.26. The summed E-state index contributed by atoms with van der Waals surface area (Å²) >= 11 is 7.74. The SMILES string of the molecule is CC(C)(C)c1ccc(SCCNc2ccc(Cl)cc2)cc1. The highest BCUT2D eigenvalue weighted by Gasteiger charge is 2.12. The van der Waals surface area contributed by atoms with E-state index >= 15 is 0 Å². The number of nitrogens with one attached hydrogen (secondary N) is 1. The average molecular weight is 320 g/mol. The van der Waals surface area contributed by atoms with Gasteiger partial charge in [-0.3, -0.25) is 0 Å². The summed E-state index contributed by atoms with van der Waals surface area (Å²) in [7, 11) is 0. The molecule has 21 heavy (non-hydrogen) atoms. The van der Waals surface area contributed by atoms with E-state index in [0.717, 1.165) is 23.0 Å². The molecule has 1 N–H and O–H groups in total. The van der Waals surface area contributed by atoms with Gasteiger partial charge in [-0.05, 0) is 47.4 Å². The van der Waals surface area contributed by atoms with Crippen LogP contribution in [0.5, 0.6) is 0 Å². The Labute approximate surface area is 137 Å². The average Bonchev–Trinajstić information content (AvgIpc) is 2.45. The molecule has 0 aliphatic heterocycles. The first kappa shape index (κ1) is 16.3. The first-order valence-electron chi connectivity index (χ1n) is 7.18. The molecule has 0 spiro atoms. The quantitative estimate of drug-likeness (QED) is 0.548. The van der Waals surface area contributed by atoms with Gasteiger partial charge in [0.2, 0.25) is 0 Å². The van der Waals surface area contributed by atoms with Crippen LogP contribution in [0.3, 0.4) is 0 Å². The van der Waals surface area contributed by atoms with Crippen molar-refractivity contribution in [3.63, 3.8) is 0 Å². The first-order valence-corrected chi connectivity index (χ1v) is 8.54. The van der Waals surface area contributed by atoms with Gasteiger partial charge in [0.1, 0.15) is 0 Å². The molecular weight excluding hydrogens is 298 g/mol. The molecule has 2 rings (SSSR count). The van der Waals surface area contributed by atoms with Gasteiger partial charge in [0.05, 0.1) is 0 Å². The van der Waals surface area contributed by atoms with Gasteiger partial charge < -0.3 is 5.32 Å². The molecule has 0 fully saturated rings. The third kappa shape index (κ3) is 5.29. The molecule has 112 valence electrons. The van der Waals surface area contributed by atoms with Gasteiger partial charge in [-0.25, -0.2) is 0 Å². The van der Waals surface area contributed by atoms with Crippen molar-refractivity contribution in [1.29, 1.82) is 0 Å². The molecule has 2 aromatic carbocycles. The van der Waals surface area contributed by atoms with Crippen LogP contribution in [0.15, 0.2) is 53.4 Å². The third-order valence-corrected chi connectivity index (χ3v) is 4.53. The van der Waals surface area contributed by atoms with Crippen LogP contribution in [0, 0.1) is 0 Å². The molecule has 1 nitrogen and oxygen atoms in total. The second-order valence-electron chi connectivity index (χ2n) is 6.06. The van der Waals surface area contributed by atoms with Gasteiger partial charge in [-0.1, -0.05) is 44.5 Å². The predicted octanol–water partition coefficient (Wildman–Crippen LogP) is 5.84. The van der Waals surface area contributed by atoms with E-state index < -0.39 is 0 Å². The fraction of sp³-hybridized carbons (Fsp3) is 0.333. The van der Waals surface area contributed by atoms with Crippen molar-refractivity contribution < 1.29 is 0 Å². The molecule has 0 radical (unpaired) electrons. The Hall–Kier alpha value is -1.12. The normalized spacial score (nSPS) is 11.4. The highest BCUT2D eigenvalue weighted by molar-refractivity contribution is 7.99. The summed E-state index contributed by atoms with van der Waals surface area (Å²) in [6, 6.07) is 16.7. The highest BCUT2D eigenvalue weighted by atomic mass is 35.5. The fourth-order valence-electron chi connectivity index (χ4n) is 1.98. The molecule has 0 saturated carbocycles. The first-order chi connectivity index (χ1) is 9.95. The Morgan fingerprint density at radius 3 is 2.14 bits per heavy atom. The Balaban J connectivity index is 1.77. The van der Waals surface area contributed by atoms with Gasteiger partial charge in [-0.2, -0.15) is 0 Å². The van der Waals surface area contributed by atoms with Crippen molar-refractivity contribution in [2.24, 2.45) is 0 Å². The van der Waals surface area contributed by atoms with Crippen molar-refractivity contribution in [2.45, 2.75) is 31.1 Å². The van der Waals surface area contributed by atoms with Crippen molar-refractivity contribution in [1.82, 2.24) is 0 Å². The summed E-state index contributed by atoms with van der Waals surface area (Å²) in [5.41, 5.74) is 2.72. The zero-order valence-electron chi connectivity index (χ0n) is 12.8. The zero-order chi connectivity index (χ0) is 15.3. The number of benzene rings is 2. The molecule has 0 atom stereocenters. The number of thioether (sulfide) groups is 1. The second kappa shape index (κ2) is 7.24. The van der Waals surface area contributed by atoms with Gasteiger partial charge in [-0.15, -0.1) is 11.8 Å². The lowest BCUT2D eigenvalue weighted by Gasteiger charge is -2.19. The van der Waals surface area contributed by atoms with Crippen LogP contribution in [-0.4, -0.2) is 12.3 Å². The Morgan fingerprint density at radius 2 is 1.57 bits per heavy atom. The maximum absolute atomic E-state index is 5.87. The van der Waals surface area contributed by atoms with E-state index in [9.17, 15) is 0 Å². The molecule has 0 bridgehead atoms. The van der Waals surface area contributed by atoms with Crippen LogP contribution in [0.4, 0.5) is 5.69 Å². The maximum Gasteiger partial charge on any atom is 0.0407 e. The summed E-state index contributed by atoms with van der Waals surface area (Å²) in [5, 5.41) is 4.17. The van der Waals surface area contributed by atoms with Gasteiger partial charge in [0.25, 0.3) is 0 Å². The van der Waals surface area contributed by atoms with E-state index in [2.05, 4.69) is 50.4 Å². The molecule has 0 unspecified atom stereocenters. The fourth-order valence-corrected chi connectivity index (χ4v) is 2.88. The minimum absolute atomic E-state index is 0.222. The summed E-state index contributed by atoms with van der Waals surface area (Å²) in [6.07, 6.45) is 0. The molecule has 0 heterocycles. The maximum atomic E-state index is 5.87. The van der Waals surface area contributed by atoms with Crippen molar-refractivity contribution in [3.05, 3.63) is 59.1 Å². The lowest BCUT2D eigenvalue weighted by molar-refractivity contribution is 0.590. The van der Waals surface area contributed by atoms with E-state index in [-0.39, 0.29) is 5.41 Å². The zero-order valence-corrected chi connectivity index (χ0v) is 14.4. The lowest BCUT2D eigenvalue weighted by atomic mass is 9.87. The molecule has 0 aromatic heterocycles. The van der Waals surface area contributed by atoms with Crippen LogP contribution >= 0.6 is 23.4 Å². The lowest BCUT2D eigenvalue weighted by Crippen LogP contribution is -2.10. The number of halogens is 1. The Kier molecular flexibility index (Phi) is 5.60. The Bertz CT molecular complexity index is 555. The molecule has 3 heteroatoms. The standard InChI is InChI=1S/C18H22ClNS/c1-18(2,3)14-4-10-17(11-5-14)21-13-12-20-16-8-6-15(19)7-9-16/h4-11,20H,12-13H2,1-3H3.